The Morgan fingerprint density at radius 1 is 1.00 bits per heavy atom. The summed E-state index contributed by atoms with van der Waals surface area (Å²) in [5, 5.41) is 0. The lowest BCUT2D eigenvalue weighted by atomic mass is 10.1. The monoisotopic (exact) mass is 485 g/mol. The first-order chi connectivity index (χ1) is 15.1. The van der Waals surface area contributed by atoms with Crippen molar-refractivity contribution in [1.29, 1.82) is 0 Å². The van der Waals surface area contributed by atoms with Crippen LogP contribution in [0.3, 0.4) is 0 Å². The third kappa shape index (κ3) is 6.21. The fourth-order valence-corrected chi connectivity index (χ4v) is 2.64. The molecule has 0 amide bonds. The Kier molecular flexibility index (Phi) is 7.40. The van der Waals surface area contributed by atoms with E-state index >= 15 is 0 Å². The van der Waals surface area contributed by atoms with E-state index in [1.54, 1.807) is 6.92 Å². The summed E-state index contributed by atoms with van der Waals surface area (Å²) in [6.45, 7) is 2.87. The fraction of sp³-hybridized carbons (Fsp3) is 0.400. The third-order valence-electron chi connectivity index (χ3n) is 4.26. The first-order valence-electron chi connectivity index (χ1n) is 9.26. The van der Waals surface area contributed by atoms with E-state index in [4.69, 9.17) is 11.2 Å². The van der Waals surface area contributed by atoms with Crippen LogP contribution in [0.1, 0.15) is 37.1 Å². The second-order valence-corrected chi connectivity index (χ2v) is 6.54. The molecule has 0 aliphatic rings. The summed E-state index contributed by atoms with van der Waals surface area (Å²) in [5.41, 5.74) is -6.85. The Hall–Kier alpha value is -3.17. The molecule has 13 heteroatoms. The zero-order valence-electron chi connectivity index (χ0n) is 17.0. The minimum absolute atomic E-state index is 0.151. The maximum atomic E-state index is 13.4. The van der Waals surface area contributed by atoms with Crippen molar-refractivity contribution in [3.05, 3.63) is 46.7 Å². The minimum Gasteiger partial charge on any atom is -0.462 e. The van der Waals surface area contributed by atoms with Crippen molar-refractivity contribution >= 4 is 5.69 Å². The Morgan fingerprint density at radius 2 is 1.64 bits per heavy atom. The lowest BCUT2D eigenvalue weighted by Crippen LogP contribution is -2.30. The largest absolute Gasteiger partial charge is 0.462 e. The zero-order chi connectivity index (χ0) is 25.2. The molecule has 1 unspecified atom stereocenters. The lowest BCUT2D eigenvalue weighted by molar-refractivity contribution is -0.143. The first-order valence-corrected chi connectivity index (χ1v) is 9.26. The number of hydrogen-bond donors (Lipinski definition) is 0. The van der Waals surface area contributed by atoms with Crippen LogP contribution in [0.5, 0.6) is 5.88 Å². The molecule has 0 aliphatic heterocycles. The minimum atomic E-state index is -5.28. The summed E-state index contributed by atoms with van der Waals surface area (Å²) in [4.78, 5) is 6.80. The van der Waals surface area contributed by atoms with E-state index in [1.165, 1.54) is 6.92 Å². The zero-order valence-corrected chi connectivity index (χ0v) is 17.0. The van der Waals surface area contributed by atoms with E-state index < -0.39 is 58.6 Å². The van der Waals surface area contributed by atoms with Gasteiger partial charge in [0.15, 0.2) is 17.7 Å². The molecule has 2 aromatic rings. The van der Waals surface area contributed by atoms with Crippen LogP contribution in [-0.4, -0.2) is 15.7 Å². The average molecular weight is 485 g/mol. The van der Waals surface area contributed by atoms with Gasteiger partial charge in [0, 0.05) is 12.6 Å². The van der Waals surface area contributed by atoms with E-state index in [2.05, 4.69) is 15.9 Å². The Bertz CT molecular complexity index is 1110. The molecule has 1 aromatic carbocycles. The van der Waals surface area contributed by atoms with Gasteiger partial charge in [0.2, 0.25) is 5.62 Å². The average Bonchev–Trinajstić information content (AvgIpc) is 2.69. The molecule has 1 heterocycles. The lowest BCUT2D eigenvalue weighted by Gasteiger charge is -2.19. The molecular weight excluding hydrogens is 469 g/mol. The van der Waals surface area contributed by atoms with Gasteiger partial charge in [-0.2, -0.15) is 39.5 Å². The number of ether oxygens (including phenoxy) is 1. The molecule has 0 bridgehead atoms. The van der Waals surface area contributed by atoms with Crippen LogP contribution in [0.15, 0.2) is 29.3 Å². The van der Waals surface area contributed by atoms with Crippen molar-refractivity contribution in [2.24, 2.45) is 4.99 Å². The quantitative estimate of drug-likeness (QED) is 0.386. The van der Waals surface area contributed by atoms with Crippen molar-refractivity contribution < 1.29 is 44.3 Å². The molecule has 0 aliphatic carbocycles. The molecule has 1 atom stereocenters. The Labute approximate surface area is 181 Å². The van der Waals surface area contributed by atoms with Gasteiger partial charge in [-0.15, -0.1) is 6.42 Å². The van der Waals surface area contributed by atoms with Crippen LogP contribution in [0.25, 0.3) is 0 Å². The molecule has 1 aromatic heterocycles. The fourth-order valence-electron chi connectivity index (χ4n) is 2.64. The number of benzene rings is 1. The molecule has 180 valence electrons. The highest BCUT2D eigenvalue weighted by Crippen LogP contribution is 2.40. The van der Waals surface area contributed by atoms with Crippen molar-refractivity contribution in [3.8, 4) is 18.2 Å². The molecule has 0 saturated carbocycles. The molecular formula is C20H16F9N3O. The van der Waals surface area contributed by atoms with Gasteiger partial charge >= 0.3 is 18.5 Å². The summed E-state index contributed by atoms with van der Waals surface area (Å²) in [6, 6.07) is 1.08. The summed E-state index contributed by atoms with van der Waals surface area (Å²) in [7, 11) is 0. The van der Waals surface area contributed by atoms with Gasteiger partial charge in [-0.1, -0.05) is 12.8 Å². The molecule has 0 saturated heterocycles. The van der Waals surface area contributed by atoms with Gasteiger partial charge < -0.3 is 4.74 Å². The number of alkyl halides is 9. The van der Waals surface area contributed by atoms with E-state index in [0.29, 0.717) is 18.2 Å². The van der Waals surface area contributed by atoms with E-state index in [-0.39, 0.29) is 19.0 Å². The first kappa shape index (κ1) is 26.1. The topological polar surface area (TPSA) is 39.4 Å². The van der Waals surface area contributed by atoms with Gasteiger partial charge in [0.25, 0.3) is 0 Å². The number of aromatic nitrogens is 2. The molecule has 4 nitrogen and oxygen atoms in total. The third-order valence-corrected chi connectivity index (χ3v) is 4.26. The SMILES string of the molecule is C#CC(CC)Oc1cc(C(F)(F)F)nc(=Nc2ccc(C(F)(F)F)cc2C(F)(F)F)n1CC. The highest BCUT2D eigenvalue weighted by Gasteiger charge is 2.39. The van der Waals surface area contributed by atoms with Gasteiger partial charge in [-0.05, 0) is 31.5 Å². The second kappa shape index (κ2) is 9.36. The molecule has 0 fully saturated rings. The van der Waals surface area contributed by atoms with Crippen molar-refractivity contribution in [1.82, 2.24) is 9.55 Å². The number of terminal acetylenes is 1. The number of hydrogen-bond acceptors (Lipinski definition) is 3. The van der Waals surface area contributed by atoms with Crippen LogP contribution in [-0.2, 0) is 25.1 Å². The second-order valence-electron chi connectivity index (χ2n) is 6.54. The Morgan fingerprint density at radius 3 is 2.09 bits per heavy atom. The van der Waals surface area contributed by atoms with E-state index in [9.17, 15) is 39.5 Å². The van der Waals surface area contributed by atoms with Crippen LogP contribution >= 0.6 is 0 Å². The maximum absolute atomic E-state index is 13.4. The number of halogens is 9. The predicted molar refractivity (Wildman–Crippen MR) is 98.1 cm³/mol. The molecule has 0 N–H and O–H groups in total. The normalized spacial score (nSPS) is 14.2. The van der Waals surface area contributed by atoms with Gasteiger partial charge in [-0.3, -0.25) is 4.57 Å². The summed E-state index contributed by atoms with van der Waals surface area (Å²) < 4.78 is 125. The van der Waals surface area contributed by atoms with E-state index in [0.717, 1.165) is 4.57 Å². The highest BCUT2D eigenvalue weighted by molar-refractivity contribution is 5.50. The molecule has 0 radical (unpaired) electrons. The standard InChI is InChI=1S/C20H16F9N3O/c1-4-12(5-2)33-16-10-15(20(27,28)29)31-17(32(16)6-3)30-14-8-7-11(18(21,22)23)9-13(14)19(24,25)26/h1,7-10,12H,5-6H2,2-3H3. The van der Waals surface area contributed by atoms with E-state index in [1.807, 2.05) is 0 Å². The maximum Gasteiger partial charge on any atom is 0.433 e. The van der Waals surface area contributed by atoms with Crippen LogP contribution in [0, 0.1) is 12.3 Å². The van der Waals surface area contributed by atoms with Crippen molar-refractivity contribution in [3.63, 3.8) is 0 Å². The van der Waals surface area contributed by atoms with Gasteiger partial charge in [0.05, 0.1) is 16.8 Å². The van der Waals surface area contributed by atoms with Gasteiger partial charge in [0.1, 0.15) is 0 Å². The van der Waals surface area contributed by atoms with Crippen molar-refractivity contribution in [2.45, 2.75) is 51.4 Å². The predicted octanol–water partition coefficient (Wildman–Crippen LogP) is 5.98. The molecule has 0 spiro atoms. The molecule has 2 rings (SSSR count). The summed E-state index contributed by atoms with van der Waals surface area (Å²) >= 11 is 0. The van der Waals surface area contributed by atoms with Crippen LogP contribution in [0.2, 0.25) is 0 Å². The highest BCUT2D eigenvalue weighted by atomic mass is 19.4. The molecule has 33 heavy (non-hydrogen) atoms. The van der Waals surface area contributed by atoms with Crippen LogP contribution in [0.4, 0.5) is 45.2 Å². The summed E-state index contributed by atoms with van der Waals surface area (Å²) in [5.74, 6) is 1.74. The smallest absolute Gasteiger partial charge is 0.433 e. The Balaban J connectivity index is 2.88. The number of rotatable bonds is 5. The summed E-state index contributed by atoms with van der Waals surface area (Å²) in [6.07, 6.45) is -10.9. The van der Waals surface area contributed by atoms with Crippen LogP contribution < -0.4 is 10.4 Å². The number of nitrogens with zero attached hydrogens (tertiary/aromatic N) is 3. The van der Waals surface area contributed by atoms with Crippen molar-refractivity contribution in [2.75, 3.05) is 0 Å². The van der Waals surface area contributed by atoms with Gasteiger partial charge in [-0.25, -0.2) is 9.98 Å².